The first-order chi connectivity index (χ1) is 9.65. The van der Waals surface area contributed by atoms with Gasteiger partial charge in [0.15, 0.2) is 0 Å². The number of nitrogens with zero attached hydrogens (tertiary/aromatic N) is 2. The number of nitrogens with one attached hydrogen (secondary N) is 1. The van der Waals surface area contributed by atoms with Crippen LogP contribution >= 0.6 is 11.8 Å². The van der Waals surface area contributed by atoms with E-state index < -0.39 is 0 Å². The van der Waals surface area contributed by atoms with Crippen molar-refractivity contribution in [1.29, 1.82) is 0 Å². The van der Waals surface area contributed by atoms with E-state index in [4.69, 9.17) is 4.74 Å². The Labute approximate surface area is 124 Å². The van der Waals surface area contributed by atoms with Crippen LogP contribution in [0.2, 0.25) is 0 Å². The van der Waals surface area contributed by atoms with Crippen molar-refractivity contribution in [3.63, 3.8) is 0 Å². The predicted octanol–water partition coefficient (Wildman–Crippen LogP) is 1.26. The average molecular weight is 295 g/mol. The van der Waals surface area contributed by atoms with Gasteiger partial charge in [-0.1, -0.05) is 0 Å². The van der Waals surface area contributed by atoms with Crippen molar-refractivity contribution >= 4 is 17.7 Å². The maximum Gasteiger partial charge on any atom is 0.252 e. The summed E-state index contributed by atoms with van der Waals surface area (Å²) in [5, 5.41) is 2.86. The van der Waals surface area contributed by atoms with E-state index in [-0.39, 0.29) is 12.0 Å². The molecule has 0 aromatic carbocycles. The van der Waals surface area contributed by atoms with Crippen LogP contribution in [0.4, 0.5) is 0 Å². The lowest BCUT2D eigenvalue weighted by molar-refractivity contribution is 0.0950. The van der Waals surface area contributed by atoms with Gasteiger partial charge in [0.1, 0.15) is 6.10 Å². The molecule has 5 nitrogen and oxygen atoms in total. The summed E-state index contributed by atoms with van der Waals surface area (Å²) in [4.78, 5) is 18.1. The molecule has 0 aliphatic carbocycles. The molecule has 1 aromatic rings. The van der Waals surface area contributed by atoms with Crippen LogP contribution in [0.25, 0.3) is 0 Å². The molecule has 1 aliphatic rings. The number of thioether (sulfide) groups is 1. The SMILES string of the molecule is CN(C)CCNC(=O)c1ccc(OC2CCSC2)nc1. The summed E-state index contributed by atoms with van der Waals surface area (Å²) in [5.41, 5.74) is 0.567. The summed E-state index contributed by atoms with van der Waals surface area (Å²) in [6.07, 6.45) is 2.90. The van der Waals surface area contributed by atoms with Gasteiger partial charge in [0.2, 0.25) is 5.88 Å². The van der Waals surface area contributed by atoms with Crippen molar-refractivity contribution in [1.82, 2.24) is 15.2 Å². The fourth-order valence-corrected chi connectivity index (χ4v) is 2.95. The van der Waals surface area contributed by atoms with Crippen molar-refractivity contribution < 1.29 is 9.53 Å². The molecule has 1 saturated heterocycles. The van der Waals surface area contributed by atoms with Crippen molar-refractivity contribution in [3.05, 3.63) is 23.9 Å². The molecule has 6 heteroatoms. The summed E-state index contributed by atoms with van der Waals surface area (Å²) >= 11 is 1.90. The molecule has 0 saturated carbocycles. The third kappa shape index (κ3) is 4.68. The zero-order valence-corrected chi connectivity index (χ0v) is 12.8. The largest absolute Gasteiger partial charge is 0.473 e. The Kier molecular flexibility index (Phi) is 5.67. The second kappa shape index (κ2) is 7.50. The molecule has 1 atom stereocenters. The van der Waals surface area contributed by atoms with Gasteiger partial charge in [-0.2, -0.15) is 11.8 Å². The lowest BCUT2D eigenvalue weighted by atomic mass is 10.2. The van der Waals surface area contributed by atoms with Gasteiger partial charge in [-0.3, -0.25) is 4.79 Å². The Hall–Kier alpha value is -1.27. The van der Waals surface area contributed by atoms with Gasteiger partial charge in [0.25, 0.3) is 5.91 Å². The maximum absolute atomic E-state index is 11.9. The van der Waals surface area contributed by atoms with Crippen LogP contribution in [0.5, 0.6) is 5.88 Å². The number of amides is 1. The van der Waals surface area contributed by atoms with E-state index in [0.29, 0.717) is 18.0 Å². The zero-order valence-electron chi connectivity index (χ0n) is 12.0. The van der Waals surface area contributed by atoms with Crippen molar-refractivity contribution in [2.24, 2.45) is 0 Å². The number of pyridine rings is 1. The first kappa shape index (κ1) is 15.1. The van der Waals surface area contributed by atoms with E-state index in [2.05, 4.69) is 10.3 Å². The van der Waals surface area contributed by atoms with Gasteiger partial charge in [0.05, 0.1) is 5.56 Å². The summed E-state index contributed by atoms with van der Waals surface area (Å²) in [7, 11) is 3.95. The highest BCUT2D eigenvalue weighted by atomic mass is 32.2. The molecular formula is C14H21N3O2S. The minimum absolute atomic E-state index is 0.0951. The quantitative estimate of drug-likeness (QED) is 0.856. The van der Waals surface area contributed by atoms with Gasteiger partial charge in [-0.05, 0) is 32.3 Å². The molecule has 2 heterocycles. The molecule has 0 spiro atoms. The van der Waals surface area contributed by atoms with Gasteiger partial charge in [-0.15, -0.1) is 0 Å². The molecule has 1 amide bonds. The third-order valence-electron chi connectivity index (χ3n) is 3.02. The van der Waals surface area contributed by atoms with E-state index in [1.165, 1.54) is 0 Å². The lowest BCUT2D eigenvalue weighted by Crippen LogP contribution is -2.31. The summed E-state index contributed by atoms with van der Waals surface area (Å²) < 4.78 is 5.75. The number of carbonyl (C=O) groups excluding carboxylic acids is 1. The van der Waals surface area contributed by atoms with Gasteiger partial charge >= 0.3 is 0 Å². The standard InChI is InChI=1S/C14H21N3O2S/c1-17(2)7-6-15-14(18)11-3-4-13(16-9-11)19-12-5-8-20-10-12/h3-4,9,12H,5-8,10H2,1-2H3,(H,15,18). The summed E-state index contributed by atoms with van der Waals surface area (Å²) in [6, 6.07) is 3.53. The Morgan fingerprint density at radius 3 is 3.00 bits per heavy atom. The number of likely N-dealkylation sites (N-methyl/N-ethyl adjacent to an activating group) is 1. The van der Waals surface area contributed by atoms with Gasteiger partial charge in [0, 0.05) is 31.1 Å². The highest BCUT2D eigenvalue weighted by molar-refractivity contribution is 7.99. The van der Waals surface area contributed by atoms with E-state index in [1.54, 1.807) is 18.3 Å². The smallest absolute Gasteiger partial charge is 0.252 e. The van der Waals surface area contributed by atoms with E-state index >= 15 is 0 Å². The first-order valence-electron chi connectivity index (χ1n) is 6.78. The highest BCUT2D eigenvalue weighted by Crippen LogP contribution is 2.21. The highest BCUT2D eigenvalue weighted by Gasteiger charge is 2.17. The number of aromatic nitrogens is 1. The molecule has 2 rings (SSSR count). The van der Waals surface area contributed by atoms with Crippen LogP contribution in [0.1, 0.15) is 16.8 Å². The minimum Gasteiger partial charge on any atom is -0.473 e. The molecule has 1 aliphatic heterocycles. The first-order valence-corrected chi connectivity index (χ1v) is 7.94. The molecule has 1 N–H and O–H groups in total. The molecular weight excluding hydrogens is 274 g/mol. The van der Waals surface area contributed by atoms with Crippen LogP contribution in [0.3, 0.4) is 0 Å². The normalized spacial score (nSPS) is 18.2. The van der Waals surface area contributed by atoms with Gasteiger partial charge < -0.3 is 15.0 Å². The molecule has 1 unspecified atom stereocenters. The Morgan fingerprint density at radius 1 is 1.55 bits per heavy atom. The monoisotopic (exact) mass is 295 g/mol. The Bertz CT molecular complexity index is 431. The number of hydrogen-bond acceptors (Lipinski definition) is 5. The predicted molar refractivity (Wildman–Crippen MR) is 81.5 cm³/mol. The maximum atomic E-state index is 11.9. The molecule has 1 aromatic heterocycles. The second-order valence-electron chi connectivity index (χ2n) is 5.05. The number of rotatable bonds is 6. The fraction of sp³-hybridized carbons (Fsp3) is 0.571. The average Bonchev–Trinajstić information content (AvgIpc) is 2.92. The molecule has 110 valence electrons. The zero-order chi connectivity index (χ0) is 14.4. The fourth-order valence-electron chi connectivity index (χ4n) is 1.86. The van der Waals surface area contributed by atoms with E-state index in [9.17, 15) is 4.79 Å². The van der Waals surface area contributed by atoms with Crippen LogP contribution in [-0.2, 0) is 0 Å². The Morgan fingerprint density at radius 2 is 2.40 bits per heavy atom. The third-order valence-corrected chi connectivity index (χ3v) is 4.15. The van der Waals surface area contributed by atoms with Crippen LogP contribution in [-0.4, -0.2) is 60.6 Å². The number of hydrogen-bond donors (Lipinski definition) is 1. The van der Waals surface area contributed by atoms with E-state index in [1.807, 2.05) is 30.8 Å². The van der Waals surface area contributed by atoms with Crippen molar-refractivity contribution in [2.45, 2.75) is 12.5 Å². The van der Waals surface area contributed by atoms with E-state index in [0.717, 1.165) is 24.5 Å². The van der Waals surface area contributed by atoms with Crippen molar-refractivity contribution in [2.75, 3.05) is 38.7 Å². The van der Waals surface area contributed by atoms with Crippen LogP contribution < -0.4 is 10.1 Å². The number of ether oxygens (including phenoxy) is 1. The molecule has 1 fully saturated rings. The summed E-state index contributed by atoms with van der Waals surface area (Å²) in [6.45, 7) is 1.45. The van der Waals surface area contributed by atoms with Gasteiger partial charge in [-0.25, -0.2) is 4.98 Å². The van der Waals surface area contributed by atoms with Crippen LogP contribution in [0, 0.1) is 0 Å². The lowest BCUT2D eigenvalue weighted by Gasteiger charge is -2.12. The molecule has 0 radical (unpaired) electrons. The minimum atomic E-state index is -0.0951. The Balaban J connectivity index is 1.82. The second-order valence-corrected chi connectivity index (χ2v) is 6.20. The van der Waals surface area contributed by atoms with Crippen molar-refractivity contribution in [3.8, 4) is 5.88 Å². The number of carbonyl (C=O) groups is 1. The summed E-state index contributed by atoms with van der Waals surface area (Å²) in [5.74, 6) is 2.68. The van der Waals surface area contributed by atoms with Crippen LogP contribution in [0.15, 0.2) is 18.3 Å². The topological polar surface area (TPSA) is 54.5 Å². The molecule has 0 bridgehead atoms. The molecule has 20 heavy (non-hydrogen) atoms.